The van der Waals surface area contributed by atoms with Gasteiger partial charge in [0.2, 0.25) is 0 Å². The molecule has 1 aliphatic heterocycles. The van der Waals surface area contributed by atoms with Crippen LogP contribution in [0.15, 0.2) is 30.0 Å². The number of anilines is 1. The Bertz CT molecular complexity index is 1090. The normalized spacial score (nSPS) is 18.6. The lowest BCUT2D eigenvalue weighted by Gasteiger charge is -2.38. The van der Waals surface area contributed by atoms with Gasteiger partial charge in [0.25, 0.3) is 11.5 Å². The Morgan fingerprint density at radius 3 is 2.03 bits per heavy atom. The van der Waals surface area contributed by atoms with Crippen LogP contribution in [0.1, 0.15) is 52.7 Å². The number of ether oxygens (including phenoxy) is 2. The van der Waals surface area contributed by atoms with Crippen molar-refractivity contribution >= 4 is 17.7 Å². The zero-order valence-corrected chi connectivity index (χ0v) is 23.2. The van der Waals surface area contributed by atoms with E-state index in [0.717, 1.165) is 12.1 Å². The second-order valence-corrected chi connectivity index (χ2v) is 10.6. The minimum Gasteiger partial charge on any atom is -0.449 e. The second kappa shape index (κ2) is 11.4. The molecule has 1 unspecified atom stereocenters. The highest BCUT2D eigenvalue weighted by atomic mass is 19.4. The fourth-order valence-electron chi connectivity index (χ4n) is 4.41. The number of amides is 2. The third kappa shape index (κ3) is 6.34. The molecule has 0 fully saturated rings. The molecule has 2 rings (SSSR count). The van der Waals surface area contributed by atoms with Crippen molar-refractivity contribution in [2.75, 3.05) is 25.7 Å². The van der Waals surface area contributed by atoms with E-state index in [2.05, 4.69) is 10.2 Å². The number of halogens is 6. The van der Waals surface area contributed by atoms with Crippen LogP contribution in [0.4, 0.5) is 36.8 Å². The smallest absolute Gasteiger partial charge is 0.430 e. The maximum atomic E-state index is 14.1. The van der Waals surface area contributed by atoms with E-state index in [1.165, 1.54) is 6.92 Å². The molecule has 1 N–H and O–H groups in total. The Morgan fingerprint density at radius 1 is 1.05 bits per heavy atom. The van der Waals surface area contributed by atoms with Gasteiger partial charge in [0.05, 0.1) is 12.3 Å². The van der Waals surface area contributed by atoms with Gasteiger partial charge in [-0.05, 0) is 55.9 Å². The first-order chi connectivity index (χ1) is 17.7. The molecule has 7 nitrogen and oxygen atoms in total. The Labute approximate surface area is 224 Å². The van der Waals surface area contributed by atoms with Crippen LogP contribution in [0.25, 0.3) is 0 Å². The molecule has 2 amide bonds. The van der Waals surface area contributed by atoms with E-state index in [1.54, 1.807) is 52.8 Å². The van der Waals surface area contributed by atoms with E-state index in [1.807, 2.05) is 0 Å². The Hall–Kier alpha value is -2.80. The van der Waals surface area contributed by atoms with Crippen LogP contribution in [0, 0.1) is 11.8 Å². The summed E-state index contributed by atoms with van der Waals surface area (Å²) in [5.41, 5.74) is -4.34. The quantitative estimate of drug-likeness (QED) is 0.384. The average molecular weight is 568 g/mol. The van der Waals surface area contributed by atoms with Crippen molar-refractivity contribution < 1.29 is 45.4 Å². The zero-order chi connectivity index (χ0) is 30.1. The molecule has 1 heterocycles. The molecular weight excluding hydrogens is 532 g/mol. The molecule has 39 heavy (non-hydrogen) atoms. The van der Waals surface area contributed by atoms with Gasteiger partial charge in [0.1, 0.15) is 5.54 Å². The van der Waals surface area contributed by atoms with Crippen molar-refractivity contribution in [3.05, 3.63) is 41.1 Å². The summed E-state index contributed by atoms with van der Waals surface area (Å²) in [5.74, 6) is -1.34. The van der Waals surface area contributed by atoms with Crippen molar-refractivity contribution in [3.8, 4) is 0 Å². The van der Waals surface area contributed by atoms with Crippen molar-refractivity contribution in [2.45, 2.75) is 71.5 Å². The van der Waals surface area contributed by atoms with Crippen molar-refractivity contribution in [3.63, 3.8) is 0 Å². The summed E-state index contributed by atoms with van der Waals surface area (Å²) >= 11 is 0. The zero-order valence-electron chi connectivity index (χ0n) is 23.2. The van der Waals surface area contributed by atoms with Crippen molar-refractivity contribution in [1.82, 2.24) is 10.4 Å². The number of nitrogens with one attached hydrogen (secondary N) is 1. The number of nitrogens with zero attached hydrogens (tertiary/aromatic N) is 2. The lowest BCUT2D eigenvalue weighted by atomic mass is 9.84. The second-order valence-electron chi connectivity index (χ2n) is 10.6. The lowest BCUT2D eigenvalue weighted by molar-refractivity contribution is -0.383. The van der Waals surface area contributed by atoms with Gasteiger partial charge in [-0.25, -0.2) is 15.1 Å². The summed E-state index contributed by atoms with van der Waals surface area (Å²) in [7, 11) is 1.98. The molecule has 1 aromatic carbocycles. The van der Waals surface area contributed by atoms with Crippen LogP contribution < -0.4 is 10.3 Å². The summed E-state index contributed by atoms with van der Waals surface area (Å²) in [6, 6.07) is 2.44. The summed E-state index contributed by atoms with van der Waals surface area (Å²) in [6.07, 6.45) is -11.5. The minimum absolute atomic E-state index is 0.0760. The van der Waals surface area contributed by atoms with Crippen molar-refractivity contribution in [2.24, 2.45) is 11.8 Å². The molecule has 220 valence electrons. The molecule has 0 saturated carbocycles. The summed E-state index contributed by atoms with van der Waals surface area (Å²) < 4.78 is 94.0. The van der Waals surface area contributed by atoms with Gasteiger partial charge >= 0.3 is 18.4 Å². The number of methoxy groups -OCH3 is 1. The Balaban J connectivity index is 2.81. The van der Waals surface area contributed by atoms with Crippen LogP contribution in [-0.4, -0.2) is 55.7 Å². The van der Waals surface area contributed by atoms with Crippen LogP contribution in [-0.2, 0) is 26.3 Å². The number of carbonyl (C=O) groups excluding carboxylic acids is 2. The first kappa shape index (κ1) is 32.4. The number of hydrazine groups is 1. The predicted molar refractivity (Wildman–Crippen MR) is 133 cm³/mol. The molecule has 0 bridgehead atoms. The first-order valence-corrected chi connectivity index (χ1v) is 12.3. The Morgan fingerprint density at radius 2 is 1.62 bits per heavy atom. The highest BCUT2D eigenvalue weighted by Gasteiger charge is 2.73. The summed E-state index contributed by atoms with van der Waals surface area (Å²) in [5, 5.41) is 1.54. The van der Waals surface area contributed by atoms with Gasteiger partial charge in [-0.15, -0.1) is 0 Å². The number of hydrogen-bond donors (Lipinski definition) is 1. The maximum absolute atomic E-state index is 14.1. The van der Waals surface area contributed by atoms with Gasteiger partial charge in [-0.3, -0.25) is 4.79 Å². The van der Waals surface area contributed by atoms with Crippen LogP contribution in [0.3, 0.4) is 0 Å². The van der Waals surface area contributed by atoms with E-state index in [0.29, 0.717) is 23.8 Å². The molecule has 0 aliphatic carbocycles. The third-order valence-corrected chi connectivity index (χ3v) is 6.26. The molecular formula is C26H35F6N3O4. The van der Waals surface area contributed by atoms with Gasteiger partial charge in [-0.1, -0.05) is 33.8 Å². The predicted octanol–water partition coefficient (Wildman–Crippen LogP) is 6.09. The van der Waals surface area contributed by atoms with Gasteiger partial charge in [0, 0.05) is 25.4 Å². The van der Waals surface area contributed by atoms with Crippen LogP contribution in [0.2, 0.25) is 0 Å². The number of alkyl halides is 6. The van der Waals surface area contributed by atoms with Crippen LogP contribution in [0.5, 0.6) is 0 Å². The van der Waals surface area contributed by atoms with E-state index in [4.69, 9.17) is 4.74 Å². The molecule has 13 heteroatoms. The Kier molecular flexibility index (Phi) is 9.44. The van der Waals surface area contributed by atoms with Gasteiger partial charge in [0.15, 0.2) is 0 Å². The fraction of sp³-hybridized carbons (Fsp3) is 0.615. The number of imide groups is 1. The SMILES string of the molecule is COC(c1ccc(N(C(=O)OCC(C)C)C(=O)C2(C)C=C(C)N(C)N2)cc1CC(C)C)(C(F)(F)F)C(F)(F)F. The maximum Gasteiger partial charge on any atom is 0.430 e. The number of carbonyl (C=O) groups is 2. The topological polar surface area (TPSA) is 71.1 Å². The van der Waals surface area contributed by atoms with E-state index >= 15 is 0 Å². The monoisotopic (exact) mass is 567 g/mol. The molecule has 0 radical (unpaired) electrons. The highest BCUT2D eigenvalue weighted by Crippen LogP contribution is 2.54. The molecule has 0 aromatic heterocycles. The number of benzene rings is 1. The minimum atomic E-state index is -5.87. The average Bonchev–Trinajstić information content (AvgIpc) is 3.04. The molecule has 0 spiro atoms. The van der Waals surface area contributed by atoms with E-state index in [9.17, 15) is 35.9 Å². The van der Waals surface area contributed by atoms with Gasteiger partial charge in [-0.2, -0.15) is 26.3 Å². The lowest BCUT2D eigenvalue weighted by Crippen LogP contribution is -2.57. The number of hydrogen-bond acceptors (Lipinski definition) is 6. The largest absolute Gasteiger partial charge is 0.449 e. The molecule has 1 aromatic rings. The fourth-order valence-corrected chi connectivity index (χ4v) is 4.41. The standard InChI is InChI=1S/C26H35F6N3O4/c1-15(2)11-18-12-19(9-10-20(18)24(38-8,25(27,28)29)26(30,31)32)35(22(37)39-14-16(3)4)21(36)23(6)13-17(5)34(7)33-23/h9-10,12-13,15-16,33H,11,14H2,1-8H3. The van der Waals surface area contributed by atoms with E-state index < -0.39 is 41.1 Å². The third-order valence-electron chi connectivity index (χ3n) is 6.26. The summed E-state index contributed by atoms with van der Waals surface area (Å²) in [4.78, 5) is 27.5. The number of allylic oxidation sites excluding steroid dienone is 1. The molecule has 0 saturated heterocycles. The van der Waals surface area contributed by atoms with Gasteiger partial charge < -0.3 is 14.5 Å². The number of rotatable bonds is 8. The molecule has 1 aliphatic rings. The first-order valence-electron chi connectivity index (χ1n) is 12.3. The van der Waals surface area contributed by atoms with Crippen molar-refractivity contribution in [1.29, 1.82) is 0 Å². The van der Waals surface area contributed by atoms with Crippen LogP contribution >= 0.6 is 0 Å². The highest BCUT2D eigenvalue weighted by molar-refractivity contribution is 6.16. The summed E-state index contributed by atoms with van der Waals surface area (Å²) in [6.45, 7) is 9.85. The molecule has 1 atom stereocenters. The van der Waals surface area contributed by atoms with E-state index in [-0.39, 0.29) is 36.1 Å².